The van der Waals surface area contributed by atoms with E-state index in [0.717, 1.165) is 4.90 Å². The number of nitrogens with zero attached hydrogens (tertiary/aromatic N) is 1. The number of carbonyl (C=O) groups is 2. The Balaban J connectivity index is 1.85. The van der Waals surface area contributed by atoms with Crippen LogP contribution < -0.4 is 10.2 Å². The third kappa shape index (κ3) is 3.15. The van der Waals surface area contributed by atoms with Crippen molar-refractivity contribution in [1.29, 1.82) is 0 Å². The second-order valence-electron chi connectivity index (χ2n) is 5.05. The quantitative estimate of drug-likeness (QED) is 0.816. The predicted octanol–water partition coefficient (Wildman–Crippen LogP) is 4.39. The smallest absolute Gasteiger partial charge is 0.256 e. The van der Waals surface area contributed by atoms with Gasteiger partial charge in [-0.1, -0.05) is 46.9 Å². The molecule has 0 aliphatic carbocycles. The largest absolute Gasteiger partial charge is 0.372 e. The molecule has 118 valence electrons. The highest BCUT2D eigenvalue weighted by atomic mass is 35.5. The summed E-state index contributed by atoms with van der Waals surface area (Å²) in [6, 6.07) is 11.0. The van der Waals surface area contributed by atoms with E-state index < -0.39 is 6.04 Å². The molecule has 0 spiro atoms. The van der Waals surface area contributed by atoms with Gasteiger partial charge in [-0.05, 0) is 30.3 Å². The summed E-state index contributed by atoms with van der Waals surface area (Å²) in [7, 11) is 0. The van der Waals surface area contributed by atoms with Crippen LogP contribution in [0.4, 0.5) is 11.4 Å². The average molecular weight is 370 g/mol. The number of halogens is 3. The molecule has 23 heavy (non-hydrogen) atoms. The lowest BCUT2D eigenvalue weighted by molar-refractivity contribution is -0.121. The first-order valence-electron chi connectivity index (χ1n) is 6.80. The molecule has 2 aromatic rings. The first kappa shape index (κ1) is 16.1. The van der Waals surface area contributed by atoms with Crippen molar-refractivity contribution in [3.05, 3.63) is 57.5 Å². The molecule has 0 saturated carbocycles. The molecular formula is C16H11Cl3N2O2. The Morgan fingerprint density at radius 3 is 2.39 bits per heavy atom. The lowest BCUT2D eigenvalue weighted by Gasteiger charge is -2.17. The van der Waals surface area contributed by atoms with E-state index in [1.807, 2.05) is 0 Å². The van der Waals surface area contributed by atoms with Crippen molar-refractivity contribution in [3.63, 3.8) is 0 Å². The molecule has 1 aliphatic heterocycles. The van der Waals surface area contributed by atoms with E-state index in [0.29, 0.717) is 21.4 Å². The van der Waals surface area contributed by atoms with Gasteiger partial charge in [0.05, 0.1) is 32.9 Å². The van der Waals surface area contributed by atoms with Gasteiger partial charge in [-0.2, -0.15) is 0 Å². The van der Waals surface area contributed by atoms with E-state index in [1.54, 1.807) is 36.4 Å². The molecule has 0 aromatic heterocycles. The highest BCUT2D eigenvalue weighted by Gasteiger charge is 2.39. The Bertz CT molecular complexity index is 795. The number of amides is 2. The summed E-state index contributed by atoms with van der Waals surface area (Å²) >= 11 is 17.9. The van der Waals surface area contributed by atoms with Gasteiger partial charge in [0.1, 0.15) is 6.04 Å². The fourth-order valence-corrected chi connectivity index (χ4v) is 2.89. The maximum absolute atomic E-state index is 12.6. The Kier molecular flexibility index (Phi) is 4.48. The molecule has 1 atom stereocenters. The maximum Gasteiger partial charge on any atom is 0.256 e. The van der Waals surface area contributed by atoms with Crippen molar-refractivity contribution < 1.29 is 9.59 Å². The van der Waals surface area contributed by atoms with Crippen LogP contribution in [-0.4, -0.2) is 17.9 Å². The van der Waals surface area contributed by atoms with Crippen molar-refractivity contribution in [2.45, 2.75) is 12.5 Å². The number of nitrogens with one attached hydrogen (secondary N) is 1. The summed E-state index contributed by atoms with van der Waals surface area (Å²) in [5, 5.41) is 4.14. The SMILES string of the molecule is O=C1CC(Nc2ccccc2Cl)C(=O)N1c1ccc(Cl)c(Cl)c1. The van der Waals surface area contributed by atoms with Crippen LogP contribution in [-0.2, 0) is 9.59 Å². The molecule has 2 aromatic carbocycles. The van der Waals surface area contributed by atoms with Crippen LogP contribution in [0, 0.1) is 0 Å². The number of imide groups is 1. The van der Waals surface area contributed by atoms with Crippen LogP contribution in [0.5, 0.6) is 0 Å². The minimum atomic E-state index is -0.670. The van der Waals surface area contributed by atoms with Gasteiger partial charge in [0.25, 0.3) is 5.91 Å². The monoisotopic (exact) mass is 368 g/mol. The molecule has 4 nitrogen and oxygen atoms in total. The third-order valence-corrected chi connectivity index (χ3v) is 4.58. The third-order valence-electron chi connectivity index (χ3n) is 3.51. The first-order valence-corrected chi connectivity index (χ1v) is 7.93. The summed E-state index contributed by atoms with van der Waals surface area (Å²) < 4.78 is 0. The van der Waals surface area contributed by atoms with Gasteiger partial charge in [-0.25, -0.2) is 4.90 Å². The molecule has 0 radical (unpaired) electrons. The average Bonchev–Trinajstić information content (AvgIpc) is 2.79. The lowest BCUT2D eigenvalue weighted by atomic mass is 10.2. The van der Waals surface area contributed by atoms with E-state index in [2.05, 4.69) is 5.32 Å². The van der Waals surface area contributed by atoms with Gasteiger partial charge >= 0.3 is 0 Å². The zero-order valence-electron chi connectivity index (χ0n) is 11.7. The number of para-hydroxylation sites is 1. The predicted molar refractivity (Wildman–Crippen MR) is 92.4 cm³/mol. The van der Waals surface area contributed by atoms with E-state index >= 15 is 0 Å². The van der Waals surface area contributed by atoms with Crippen molar-refractivity contribution in [3.8, 4) is 0 Å². The van der Waals surface area contributed by atoms with Gasteiger partial charge in [0.2, 0.25) is 5.91 Å². The number of hydrogen-bond acceptors (Lipinski definition) is 3. The standard InChI is InChI=1S/C16H11Cl3N2O2/c17-10-6-5-9(7-12(10)19)21-15(22)8-14(16(21)23)20-13-4-2-1-3-11(13)18/h1-7,14,20H,8H2. The van der Waals surface area contributed by atoms with Crippen molar-refractivity contribution in [1.82, 2.24) is 0 Å². The summed E-state index contributed by atoms with van der Waals surface area (Å²) in [4.78, 5) is 25.9. The first-order chi connectivity index (χ1) is 11.0. The molecule has 1 fully saturated rings. The molecule has 3 rings (SSSR count). The van der Waals surface area contributed by atoms with E-state index in [1.165, 1.54) is 6.07 Å². The van der Waals surface area contributed by atoms with Crippen LogP contribution in [0.15, 0.2) is 42.5 Å². The van der Waals surface area contributed by atoms with E-state index in [9.17, 15) is 9.59 Å². The van der Waals surface area contributed by atoms with Crippen molar-refractivity contribution in [2.24, 2.45) is 0 Å². The molecule has 1 unspecified atom stereocenters. The number of anilines is 2. The van der Waals surface area contributed by atoms with Gasteiger partial charge in [-0.3, -0.25) is 9.59 Å². The highest BCUT2D eigenvalue weighted by molar-refractivity contribution is 6.42. The Hall–Kier alpha value is -1.75. The van der Waals surface area contributed by atoms with Gasteiger partial charge in [-0.15, -0.1) is 0 Å². The number of hydrogen-bond donors (Lipinski definition) is 1. The normalized spacial score (nSPS) is 17.7. The molecule has 0 bridgehead atoms. The minimum Gasteiger partial charge on any atom is -0.372 e. The van der Waals surface area contributed by atoms with Crippen LogP contribution in [0.1, 0.15) is 6.42 Å². The van der Waals surface area contributed by atoms with Gasteiger partial charge in [0, 0.05) is 0 Å². The van der Waals surface area contributed by atoms with Crippen LogP contribution >= 0.6 is 34.8 Å². The highest BCUT2D eigenvalue weighted by Crippen LogP contribution is 2.31. The Morgan fingerprint density at radius 2 is 1.70 bits per heavy atom. The molecule has 7 heteroatoms. The Morgan fingerprint density at radius 1 is 0.957 bits per heavy atom. The van der Waals surface area contributed by atoms with Crippen LogP contribution in [0.3, 0.4) is 0 Å². The summed E-state index contributed by atoms with van der Waals surface area (Å²) in [5.41, 5.74) is 1.01. The fourth-order valence-electron chi connectivity index (χ4n) is 2.41. The summed E-state index contributed by atoms with van der Waals surface area (Å²) in [6.45, 7) is 0. The van der Waals surface area contributed by atoms with Crippen LogP contribution in [0.25, 0.3) is 0 Å². The zero-order valence-corrected chi connectivity index (χ0v) is 14.0. The molecule has 1 saturated heterocycles. The molecule has 1 aliphatic rings. The van der Waals surface area contributed by atoms with Crippen molar-refractivity contribution >= 4 is 58.0 Å². The molecule has 1 N–H and O–H groups in total. The van der Waals surface area contributed by atoms with E-state index in [-0.39, 0.29) is 23.3 Å². The summed E-state index contributed by atoms with van der Waals surface area (Å²) in [5.74, 6) is -0.661. The number of rotatable bonds is 3. The second kappa shape index (κ2) is 6.40. The number of benzene rings is 2. The maximum atomic E-state index is 12.6. The van der Waals surface area contributed by atoms with E-state index in [4.69, 9.17) is 34.8 Å². The topological polar surface area (TPSA) is 49.4 Å². The lowest BCUT2D eigenvalue weighted by Crippen LogP contribution is -2.34. The number of carbonyl (C=O) groups excluding carboxylic acids is 2. The zero-order chi connectivity index (χ0) is 16.6. The second-order valence-corrected chi connectivity index (χ2v) is 6.27. The molecular weight excluding hydrogens is 359 g/mol. The van der Waals surface area contributed by atoms with Crippen molar-refractivity contribution in [2.75, 3.05) is 10.2 Å². The van der Waals surface area contributed by atoms with Gasteiger partial charge in [0.15, 0.2) is 0 Å². The Labute approximate surface area is 147 Å². The van der Waals surface area contributed by atoms with Crippen LogP contribution in [0.2, 0.25) is 15.1 Å². The molecule has 2 amide bonds. The minimum absolute atomic E-state index is 0.0459. The fraction of sp³-hybridized carbons (Fsp3) is 0.125. The van der Waals surface area contributed by atoms with Gasteiger partial charge < -0.3 is 5.32 Å². The molecule has 1 heterocycles. The summed E-state index contributed by atoms with van der Waals surface area (Å²) in [6.07, 6.45) is 0.0459.